The molecule has 0 radical (unpaired) electrons. The zero-order chi connectivity index (χ0) is 19.2. The zero-order valence-corrected chi connectivity index (χ0v) is 15.7. The first kappa shape index (κ1) is 18.5. The highest BCUT2D eigenvalue weighted by atomic mass is 16.9. The normalized spacial score (nSPS) is 10.4. The lowest BCUT2D eigenvalue weighted by Crippen LogP contribution is -2.31. The van der Waals surface area contributed by atoms with Crippen molar-refractivity contribution < 1.29 is 9.68 Å². The molecule has 5 nitrogen and oxygen atoms in total. The number of rotatable bonds is 7. The lowest BCUT2D eigenvalue weighted by Gasteiger charge is -2.24. The summed E-state index contributed by atoms with van der Waals surface area (Å²) in [7, 11) is 0. The number of nitrogen functional groups attached to an aromatic ring is 2. The molecule has 3 rings (SSSR count). The second kappa shape index (κ2) is 8.36. The third kappa shape index (κ3) is 4.44. The first-order chi connectivity index (χ1) is 13.1. The van der Waals surface area contributed by atoms with E-state index in [0.29, 0.717) is 11.5 Å². The number of nitrogens with zero attached hydrogens (tertiary/aromatic N) is 1. The van der Waals surface area contributed by atoms with Crippen LogP contribution in [-0.4, -0.2) is 0 Å². The highest BCUT2D eigenvalue weighted by Gasteiger charge is 2.13. The van der Waals surface area contributed by atoms with Crippen LogP contribution in [-0.2, 0) is 12.8 Å². The summed E-state index contributed by atoms with van der Waals surface area (Å²) in [6, 6.07) is 20.8. The van der Waals surface area contributed by atoms with Gasteiger partial charge in [-0.3, -0.25) is 0 Å². The van der Waals surface area contributed by atoms with Gasteiger partial charge >= 0.3 is 0 Å². The number of para-hydroxylation sites is 1. The number of aryl methyl sites for hydroxylation is 2. The summed E-state index contributed by atoms with van der Waals surface area (Å²) in [5, 5.41) is 1.40. The van der Waals surface area contributed by atoms with Gasteiger partial charge in [-0.1, -0.05) is 32.0 Å². The summed E-state index contributed by atoms with van der Waals surface area (Å²) >= 11 is 0. The van der Waals surface area contributed by atoms with Gasteiger partial charge in [0.15, 0.2) is 11.5 Å². The van der Waals surface area contributed by atoms with Crippen molar-refractivity contribution in [2.75, 3.05) is 16.7 Å². The third-order valence-electron chi connectivity index (χ3n) is 4.33. The number of hydrogen-bond donors (Lipinski definition) is 2. The highest BCUT2D eigenvalue weighted by molar-refractivity contribution is 5.53. The Morgan fingerprint density at radius 1 is 0.704 bits per heavy atom. The quantitative estimate of drug-likeness (QED) is 0.467. The average molecular weight is 363 g/mol. The van der Waals surface area contributed by atoms with Crippen molar-refractivity contribution in [3.05, 3.63) is 77.9 Å². The Kier molecular flexibility index (Phi) is 5.71. The average Bonchev–Trinajstić information content (AvgIpc) is 2.70. The molecule has 0 saturated carbocycles. The van der Waals surface area contributed by atoms with Crippen LogP contribution in [0, 0.1) is 0 Å². The van der Waals surface area contributed by atoms with E-state index < -0.39 is 0 Å². The van der Waals surface area contributed by atoms with Gasteiger partial charge in [0, 0.05) is 11.4 Å². The second-order valence-corrected chi connectivity index (χ2v) is 6.20. The first-order valence-electron chi connectivity index (χ1n) is 9.08. The fourth-order valence-corrected chi connectivity index (χ4v) is 2.76. The van der Waals surface area contributed by atoms with Crippen LogP contribution in [0.4, 0.5) is 17.1 Å². The molecule has 3 aromatic rings. The van der Waals surface area contributed by atoms with Crippen LogP contribution in [0.25, 0.3) is 0 Å². The lowest BCUT2D eigenvalue weighted by molar-refractivity contribution is 0.0728. The Balaban J connectivity index is 1.90. The molecule has 5 heteroatoms. The van der Waals surface area contributed by atoms with E-state index in [0.717, 1.165) is 41.0 Å². The van der Waals surface area contributed by atoms with Gasteiger partial charge in [-0.15, -0.1) is 0 Å². The first-order valence-corrected chi connectivity index (χ1v) is 9.08. The van der Waals surface area contributed by atoms with Gasteiger partial charge in [0.2, 0.25) is 0 Å². The molecular formula is C22H25N3O2. The van der Waals surface area contributed by atoms with E-state index in [9.17, 15) is 0 Å². The van der Waals surface area contributed by atoms with Gasteiger partial charge in [0.05, 0.1) is 0 Å². The van der Waals surface area contributed by atoms with Crippen LogP contribution in [0.15, 0.2) is 66.7 Å². The lowest BCUT2D eigenvalue weighted by atomic mass is 10.1. The van der Waals surface area contributed by atoms with E-state index >= 15 is 0 Å². The third-order valence-corrected chi connectivity index (χ3v) is 4.33. The van der Waals surface area contributed by atoms with Crippen molar-refractivity contribution in [1.29, 1.82) is 0 Å². The Morgan fingerprint density at radius 3 is 1.63 bits per heavy atom. The largest absolute Gasteiger partial charge is 0.399 e. The molecule has 140 valence electrons. The van der Waals surface area contributed by atoms with Gasteiger partial charge in [-0.05, 0) is 77.7 Å². The van der Waals surface area contributed by atoms with E-state index in [1.165, 1.54) is 5.23 Å². The topological polar surface area (TPSA) is 73.7 Å². The smallest absolute Gasteiger partial charge is 0.159 e. The molecule has 0 aliphatic rings. The predicted octanol–water partition coefficient (Wildman–Crippen LogP) is 4.77. The molecule has 0 saturated heterocycles. The highest BCUT2D eigenvalue weighted by Crippen LogP contribution is 2.26. The Labute approximate surface area is 160 Å². The minimum absolute atomic E-state index is 0.649. The van der Waals surface area contributed by atoms with Crippen molar-refractivity contribution in [3.8, 4) is 11.5 Å². The predicted molar refractivity (Wildman–Crippen MR) is 111 cm³/mol. The number of benzene rings is 3. The van der Waals surface area contributed by atoms with Crippen molar-refractivity contribution in [3.63, 3.8) is 0 Å². The molecular weight excluding hydrogens is 338 g/mol. The van der Waals surface area contributed by atoms with Crippen LogP contribution in [0.2, 0.25) is 0 Å². The molecule has 0 bridgehead atoms. The van der Waals surface area contributed by atoms with Crippen LogP contribution in [0.1, 0.15) is 25.0 Å². The SMILES string of the molecule is CCc1cc(ON(Oc2ccc(N)c(CC)c2)c2ccccc2)ccc1N. The van der Waals surface area contributed by atoms with Crippen LogP contribution in [0.5, 0.6) is 11.5 Å². The zero-order valence-electron chi connectivity index (χ0n) is 15.7. The van der Waals surface area contributed by atoms with E-state index in [2.05, 4.69) is 13.8 Å². The molecule has 3 aromatic carbocycles. The Bertz CT molecular complexity index is 842. The summed E-state index contributed by atoms with van der Waals surface area (Å²) in [6.07, 6.45) is 1.65. The van der Waals surface area contributed by atoms with E-state index in [1.54, 1.807) is 0 Å². The number of nitrogens with two attached hydrogens (primary N) is 2. The molecule has 0 amide bonds. The van der Waals surface area contributed by atoms with Crippen LogP contribution in [0.3, 0.4) is 0 Å². The van der Waals surface area contributed by atoms with E-state index in [1.807, 2.05) is 66.7 Å². The van der Waals surface area contributed by atoms with Gasteiger partial charge in [-0.25, -0.2) is 0 Å². The molecule has 27 heavy (non-hydrogen) atoms. The Morgan fingerprint density at radius 2 is 1.19 bits per heavy atom. The molecule has 0 aliphatic carbocycles. The maximum absolute atomic E-state index is 6.03. The van der Waals surface area contributed by atoms with Crippen molar-refractivity contribution in [1.82, 2.24) is 0 Å². The summed E-state index contributed by atoms with van der Waals surface area (Å²) < 4.78 is 0. The minimum atomic E-state index is 0.649. The summed E-state index contributed by atoms with van der Waals surface area (Å²) in [4.78, 5) is 12.1. The van der Waals surface area contributed by atoms with Crippen LogP contribution < -0.4 is 26.4 Å². The fraction of sp³-hybridized carbons (Fsp3) is 0.182. The van der Waals surface area contributed by atoms with Crippen molar-refractivity contribution >= 4 is 17.1 Å². The maximum Gasteiger partial charge on any atom is 0.159 e. The van der Waals surface area contributed by atoms with Gasteiger partial charge < -0.3 is 21.1 Å². The molecule has 0 spiro atoms. The van der Waals surface area contributed by atoms with E-state index in [-0.39, 0.29) is 0 Å². The molecule has 4 N–H and O–H groups in total. The summed E-state index contributed by atoms with van der Waals surface area (Å²) in [5.74, 6) is 1.30. The number of anilines is 3. The monoisotopic (exact) mass is 363 g/mol. The molecule has 0 aromatic heterocycles. The minimum Gasteiger partial charge on any atom is -0.399 e. The second-order valence-electron chi connectivity index (χ2n) is 6.20. The summed E-state index contributed by atoms with van der Waals surface area (Å²) in [6.45, 7) is 4.11. The van der Waals surface area contributed by atoms with Crippen LogP contribution >= 0.6 is 0 Å². The van der Waals surface area contributed by atoms with Crippen molar-refractivity contribution in [2.45, 2.75) is 26.7 Å². The molecule has 0 unspecified atom stereocenters. The van der Waals surface area contributed by atoms with Gasteiger partial charge in [0.25, 0.3) is 0 Å². The summed E-state index contributed by atoms with van der Waals surface area (Å²) in [5.41, 5.74) is 16.3. The standard InChI is InChI=1S/C22H25N3O2/c1-3-16-14-19(10-12-21(16)23)26-25(18-8-6-5-7-9-18)27-20-11-13-22(24)17(4-2)15-20/h5-15H,3-4,23-24H2,1-2H3. The van der Waals surface area contributed by atoms with E-state index in [4.69, 9.17) is 21.1 Å². The Hall–Kier alpha value is -3.34. The molecule has 0 atom stereocenters. The fourth-order valence-electron chi connectivity index (χ4n) is 2.76. The maximum atomic E-state index is 6.03. The van der Waals surface area contributed by atoms with Gasteiger partial charge in [0.1, 0.15) is 5.69 Å². The number of hydrogen-bond acceptors (Lipinski definition) is 5. The van der Waals surface area contributed by atoms with Gasteiger partial charge in [-0.2, -0.15) is 0 Å². The van der Waals surface area contributed by atoms with Crippen molar-refractivity contribution in [2.24, 2.45) is 0 Å². The molecule has 0 aliphatic heterocycles. The molecule has 0 fully saturated rings. The molecule has 0 heterocycles.